The fourth-order valence-electron chi connectivity index (χ4n) is 2.75. The molecular weight excluding hydrogens is 300 g/mol. The summed E-state index contributed by atoms with van der Waals surface area (Å²) in [4.78, 5) is 12.2. The summed E-state index contributed by atoms with van der Waals surface area (Å²) < 4.78 is 11.4. The highest BCUT2D eigenvalue weighted by atomic mass is 35.5. The maximum absolute atomic E-state index is 12.2. The number of ketones is 1. The molecule has 1 aromatic carbocycles. The molecule has 1 aromatic rings. The van der Waals surface area contributed by atoms with E-state index in [1.807, 2.05) is 26.8 Å². The van der Waals surface area contributed by atoms with E-state index in [4.69, 9.17) is 21.1 Å². The van der Waals surface area contributed by atoms with E-state index in [0.29, 0.717) is 34.4 Å². The Morgan fingerprint density at radius 3 is 2.55 bits per heavy atom. The van der Waals surface area contributed by atoms with E-state index in [2.05, 4.69) is 19.9 Å². The minimum atomic E-state index is -0.447. The number of carbonyl (C=O) groups is 1. The van der Waals surface area contributed by atoms with E-state index in [1.54, 1.807) is 0 Å². The molecule has 22 heavy (non-hydrogen) atoms. The van der Waals surface area contributed by atoms with Crippen molar-refractivity contribution >= 4 is 23.0 Å². The number of halogens is 1. The maximum atomic E-state index is 12.2. The van der Waals surface area contributed by atoms with Crippen molar-refractivity contribution < 1.29 is 14.3 Å². The van der Waals surface area contributed by atoms with Crippen LogP contribution in [-0.2, 0) is 0 Å². The van der Waals surface area contributed by atoms with Crippen LogP contribution >= 0.6 is 11.6 Å². The van der Waals surface area contributed by atoms with E-state index in [0.717, 1.165) is 11.1 Å². The van der Waals surface area contributed by atoms with Crippen molar-refractivity contribution in [2.24, 2.45) is 5.92 Å². The molecule has 0 spiro atoms. The Bertz CT molecular complexity index is 642. The van der Waals surface area contributed by atoms with Gasteiger partial charge in [-0.25, -0.2) is 0 Å². The second-order valence-electron chi connectivity index (χ2n) is 6.38. The number of Topliss-reactive ketones (excluding diaryl/α,β-unsaturated/α-hetero) is 1. The summed E-state index contributed by atoms with van der Waals surface area (Å²) in [6.07, 6.45) is 2.50. The molecule has 1 heterocycles. The molecule has 120 valence electrons. The number of ether oxygens (including phenoxy) is 2. The molecule has 4 heteroatoms. The van der Waals surface area contributed by atoms with E-state index in [9.17, 15) is 4.79 Å². The molecule has 0 unspecified atom stereocenters. The zero-order valence-electron chi connectivity index (χ0n) is 14.0. The third kappa shape index (κ3) is 2.87. The van der Waals surface area contributed by atoms with Crippen LogP contribution in [0.2, 0.25) is 5.02 Å². The summed E-state index contributed by atoms with van der Waals surface area (Å²) in [5.41, 5.74) is 2.10. The second-order valence-corrected chi connectivity index (χ2v) is 6.76. The molecule has 0 aromatic heterocycles. The Morgan fingerprint density at radius 2 is 2.05 bits per heavy atom. The number of allylic oxidation sites excluding steroid dienone is 1. The lowest BCUT2D eigenvalue weighted by Gasteiger charge is -2.34. The van der Waals surface area contributed by atoms with Gasteiger partial charge >= 0.3 is 0 Å². The summed E-state index contributed by atoms with van der Waals surface area (Å²) in [5.74, 6) is 1.31. The van der Waals surface area contributed by atoms with Crippen LogP contribution in [0.3, 0.4) is 0 Å². The topological polar surface area (TPSA) is 35.5 Å². The second kappa shape index (κ2) is 5.96. The lowest BCUT2D eigenvalue weighted by atomic mass is 9.86. The average Bonchev–Trinajstić information content (AvgIpc) is 2.45. The highest BCUT2D eigenvalue weighted by Crippen LogP contribution is 2.48. The molecule has 0 bridgehead atoms. The van der Waals surface area contributed by atoms with Crippen molar-refractivity contribution in [2.75, 3.05) is 7.11 Å². The Labute approximate surface area is 137 Å². The first-order valence-electron chi connectivity index (χ1n) is 7.57. The molecule has 3 nitrogen and oxygen atoms in total. The fourth-order valence-corrected chi connectivity index (χ4v) is 3.07. The van der Waals surface area contributed by atoms with Gasteiger partial charge in [-0.3, -0.25) is 4.79 Å². The van der Waals surface area contributed by atoms with Crippen LogP contribution in [0.15, 0.2) is 12.1 Å². The molecule has 1 aliphatic rings. The van der Waals surface area contributed by atoms with Gasteiger partial charge in [0.1, 0.15) is 10.6 Å². The van der Waals surface area contributed by atoms with Gasteiger partial charge in [0.25, 0.3) is 0 Å². The van der Waals surface area contributed by atoms with Crippen molar-refractivity contribution in [3.05, 3.63) is 28.3 Å². The summed E-state index contributed by atoms with van der Waals surface area (Å²) in [5, 5.41) is 0.371. The first-order chi connectivity index (χ1) is 10.2. The average molecular weight is 323 g/mol. The van der Waals surface area contributed by atoms with Crippen LogP contribution < -0.4 is 9.47 Å². The number of benzene rings is 1. The third-order valence-corrected chi connectivity index (χ3v) is 4.15. The summed E-state index contributed by atoms with van der Waals surface area (Å²) >= 11 is 6.50. The Kier molecular flexibility index (Phi) is 4.57. The van der Waals surface area contributed by atoms with Crippen LogP contribution in [0.25, 0.3) is 5.57 Å². The van der Waals surface area contributed by atoms with Gasteiger partial charge in [0, 0.05) is 12.0 Å². The number of rotatable bonds is 4. The lowest BCUT2D eigenvalue weighted by molar-refractivity contribution is 0.0985. The van der Waals surface area contributed by atoms with E-state index >= 15 is 0 Å². The largest absolute Gasteiger partial charge is 0.494 e. The number of fused-ring (bicyclic) bond motifs is 1. The van der Waals surface area contributed by atoms with Crippen molar-refractivity contribution in [3.8, 4) is 11.5 Å². The highest BCUT2D eigenvalue weighted by molar-refractivity contribution is 6.34. The standard InChI is InChI=1S/C18H23ClO3/c1-7-14(20)12-8-11-13(10(2)3)9-18(4,5)22-17(11)15(19)16(12)21-6/h8-10H,7H2,1-6H3. The minimum Gasteiger partial charge on any atom is -0.494 e. The Hall–Kier alpha value is -1.48. The van der Waals surface area contributed by atoms with Crippen LogP contribution in [-0.4, -0.2) is 18.5 Å². The predicted molar refractivity (Wildman–Crippen MR) is 90.1 cm³/mol. The van der Waals surface area contributed by atoms with Crippen molar-refractivity contribution in [3.63, 3.8) is 0 Å². The lowest BCUT2D eigenvalue weighted by Crippen LogP contribution is -2.30. The van der Waals surface area contributed by atoms with Gasteiger partial charge in [-0.15, -0.1) is 0 Å². The first kappa shape index (κ1) is 16.9. The molecule has 0 N–H and O–H groups in total. The van der Waals surface area contributed by atoms with Crippen molar-refractivity contribution in [1.82, 2.24) is 0 Å². The number of hydrogen-bond donors (Lipinski definition) is 0. The first-order valence-corrected chi connectivity index (χ1v) is 7.95. The fraction of sp³-hybridized carbons (Fsp3) is 0.500. The summed E-state index contributed by atoms with van der Waals surface area (Å²) in [6.45, 7) is 10.1. The number of hydrogen-bond acceptors (Lipinski definition) is 3. The Balaban J connectivity index is 2.77. The van der Waals surface area contributed by atoms with Crippen molar-refractivity contribution in [1.29, 1.82) is 0 Å². The maximum Gasteiger partial charge on any atom is 0.166 e. The van der Waals surface area contributed by atoms with Gasteiger partial charge in [0.15, 0.2) is 17.3 Å². The van der Waals surface area contributed by atoms with Gasteiger partial charge < -0.3 is 9.47 Å². The van der Waals surface area contributed by atoms with Gasteiger partial charge in [-0.05, 0) is 37.5 Å². The van der Waals surface area contributed by atoms with Crippen LogP contribution in [0.1, 0.15) is 57.0 Å². The predicted octanol–water partition coefficient (Wildman–Crippen LogP) is 5.15. The molecule has 1 aliphatic heterocycles. The molecule has 0 atom stereocenters. The molecular formula is C18H23ClO3. The monoisotopic (exact) mass is 322 g/mol. The van der Waals surface area contributed by atoms with E-state index < -0.39 is 5.60 Å². The number of methoxy groups -OCH3 is 1. The molecule has 0 saturated carbocycles. The van der Waals surface area contributed by atoms with E-state index in [-0.39, 0.29) is 5.78 Å². The van der Waals surface area contributed by atoms with Crippen LogP contribution in [0, 0.1) is 5.92 Å². The Morgan fingerprint density at radius 1 is 1.41 bits per heavy atom. The number of carbonyl (C=O) groups excluding carboxylic acids is 1. The highest BCUT2D eigenvalue weighted by Gasteiger charge is 2.32. The minimum absolute atomic E-state index is 0.00879. The zero-order valence-corrected chi connectivity index (χ0v) is 14.8. The molecule has 0 aliphatic carbocycles. The smallest absolute Gasteiger partial charge is 0.166 e. The van der Waals surface area contributed by atoms with Crippen molar-refractivity contribution in [2.45, 2.75) is 46.6 Å². The molecule has 2 rings (SSSR count). The molecule has 0 amide bonds. The van der Waals surface area contributed by atoms with Gasteiger partial charge in [-0.1, -0.05) is 32.4 Å². The van der Waals surface area contributed by atoms with Crippen LogP contribution in [0.5, 0.6) is 11.5 Å². The molecule has 0 saturated heterocycles. The normalized spacial score (nSPS) is 15.9. The third-order valence-electron chi connectivity index (χ3n) is 3.80. The SMILES string of the molecule is CCC(=O)c1cc2c(c(Cl)c1OC)OC(C)(C)C=C2C(C)C. The quantitative estimate of drug-likeness (QED) is 0.719. The molecule has 0 radical (unpaired) electrons. The summed E-state index contributed by atoms with van der Waals surface area (Å²) in [7, 11) is 1.52. The summed E-state index contributed by atoms with van der Waals surface area (Å²) in [6, 6.07) is 1.85. The van der Waals surface area contributed by atoms with Gasteiger partial charge in [0.05, 0.1) is 12.7 Å². The van der Waals surface area contributed by atoms with E-state index in [1.165, 1.54) is 7.11 Å². The van der Waals surface area contributed by atoms with Gasteiger partial charge in [-0.2, -0.15) is 0 Å². The molecule has 0 fully saturated rings. The van der Waals surface area contributed by atoms with Crippen LogP contribution in [0.4, 0.5) is 0 Å². The van der Waals surface area contributed by atoms with Gasteiger partial charge in [0.2, 0.25) is 0 Å². The zero-order chi connectivity index (χ0) is 16.7.